The summed E-state index contributed by atoms with van der Waals surface area (Å²) in [6.45, 7) is 1.97. The highest BCUT2D eigenvalue weighted by molar-refractivity contribution is 5.97. The number of hydrogen-bond donors (Lipinski definition) is 1. The Balaban J connectivity index is 2.52. The zero-order valence-electron chi connectivity index (χ0n) is 7.24. The van der Waals surface area contributed by atoms with Gasteiger partial charge in [-0.25, -0.2) is 9.86 Å². The highest BCUT2D eigenvalue weighted by Crippen LogP contribution is 2.07. The molecule has 0 radical (unpaired) electrons. The topological polar surface area (TPSA) is 58.6 Å². The summed E-state index contributed by atoms with van der Waals surface area (Å²) in [4.78, 5) is 26.9. The van der Waals surface area contributed by atoms with Crippen LogP contribution in [0.4, 0.5) is 4.79 Å². The molecule has 0 aromatic rings. The molecule has 1 fully saturated rings. The van der Waals surface area contributed by atoms with Gasteiger partial charge in [0.15, 0.2) is 0 Å². The molecule has 1 saturated heterocycles. The van der Waals surface area contributed by atoms with E-state index in [1.807, 2.05) is 0 Å². The Morgan fingerprint density at radius 3 is 3.08 bits per heavy atom. The molecule has 1 heterocycles. The molecule has 0 saturated carbocycles. The van der Waals surface area contributed by atoms with Gasteiger partial charge < -0.3 is 0 Å². The van der Waals surface area contributed by atoms with Crippen molar-refractivity contribution in [2.24, 2.45) is 5.92 Å². The molecule has 13 heavy (non-hydrogen) atoms. The second-order valence-electron chi connectivity index (χ2n) is 2.73. The van der Waals surface area contributed by atoms with E-state index in [2.05, 4.69) is 11.2 Å². The third-order valence-corrected chi connectivity index (χ3v) is 1.65. The van der Waals surface area contributed by atoms with E-state index in [9.17, 15) is 9.59 Å². The van der Waals surface area contributed by atoms with Crippen LogP contribution in [0.3, 0.4) is 0 Å². The van der Waals surface area contributed by atoms with Crippen molar-refractivity contribution in [1.29, 1.82) is 0 Å². The number of carbonyl (C=O) groups excluding carboxylic acids is 2. The molecule has 5 nitrogen and oxygen atoms in total. The summed E-state index contributed by atoms with van der Waals surface area (Å²) in [5.41, 5.74) is 0. The minimum atomic E-state index is -0.557. The smallest absolute Gasteiger partial charge is 0.276 e. The predicted octanol–water partition coefficient (Wildman–Crippen LogP) is -0.261. The van der Waals surface area contributed by atoms with Crippen LogP contribution in [0.25, 0.3) is 0 Å². The van der Waals surface area contributed by atoms with Gasteiger partial charge in [0.25, 0.3) is 0 Å². The van der Waals surface area contributed by atoms with Crippen LogP contribution in [0.1, 0.15) is 6.92 Å². The molecule has 1 aliphatic rings. The van der Waals surface area contributed by atoms with Gasteiger partial charge in [0, 0.05) is 0 Å². The maximum absolute atomic E-state index is 11.1. The average Bonchev–Trinajstić information content (AvgIpc) is 2.09. The summed E-state index contributed by atoms with van der Waals surface area (Å²) in [6.07, 6.45) is 4.95. The number of nitrogens with zero attached hydrogens (tertiary/aromatic N) is 1. The first-order valence-corrected chi connectivity index (χ1v) is 3.84. The molecule has 1 aliphatic heterocycles. The molecule has 1 unspecified atom stereocenters. The summed E-state index contributed by atoms with van der Waals surface area (Å²) >= 11 is 0. The molecular formula is C8H10N2O3. The number of hydrogen-bond acceptors (Lipinski definition) is 3. The fraction of sp³-hybridized carbons (Fsp3) is 0.500. The van der Waals surface area contributed by atoms with E-state index in [1.54, 1.807) is 6.92 Å². The van der Waals surface area contributed by atoms with Crippen LogP contribution >= 0.6 is 0 Å². The van der Waals surface area contributed by atoms with Crippen LogP contribution < -0.4 is 5.32 Å². The predicted molar refractivity (Wildman–Crippen MR) is 44.2 cm³/mol. The van der Waals surface area contributed by atoms with Crippen LogP contribution in [0.2, 0.25) is 0 Å². The van der Waals surface area contributed by atoms with E-state index in [1.165, 1.54) is 0 Å². The number of amides is 3. The second-order valence-corrected chi connectivity index (χ2v) is 2.73. The quantitative estimate of drug-likeness (QED) is 0.598. The Kier molecular flexibility index (Phi) is 2.88. The Labute approximate surface area is 76.0 Å². The average molecular weight is 182 g/mol. The first-order valence-electron chi connectivity index (χ1n) is 3.84. The first-order chi connectivity index (χ1) is 6.15. The highest BCUT2D eigenvalue weighted by Gasteiger charge is 2.29. The lowest BCUT2D eigenvalue weighted by Crippen LogP contribution is -2.53. The van der Waals surface area contributed by atoms with Crippen LogP contribution in [0, 0.1) is 18.3 Å². The van der Waals surface area contributed by atoms with Crippen LogP contribution in [0.5, 0.6) is 0 Å². The van der Waals surface area contributed by atoms with E-state index < -0.39 is 6.03 Å². The van der Waals surface area contributed by atoms with Crippen molar-refractivity contribution in [3.63, 3.8) is 0 Å². The molecule has 0 aromatic carbocycles. The number of urea groups is 1. The Bertz CT molecular complexity index is 269. The van der Waals surface area contributed by atoms with Gasteiger partial charge in [0.1, 0.15) is 6.61 Å². The van der Waals surface area contributed by atoms with Gasteiger partial charge in [0.2, 0.25) is 5.91 Å². The molecule has 5 heteroatoms. The maximum atomic E-state index is 11.1. The van der Waals surface area contributed by atoms with Crippen LogP contribution in [0.15, 0.2) is 0 Å². The van der Waals surface area contributed by atoms with Crippen molar-refractivity contribution in [2.45, 2.75) is 6.92 Å². The summed E-state index contributed by atoms with van der Waals surface area (Å²) < 4.78 is 0. The normalized spacial score (nSPS) is 22.5. The number of rotatable bonds is 2. The largest absolute Gasteiger partial charge is 0.348 e. The standard InChI is InChI=1S/C8H10N2O3/c1-3-4-13-10-5-6(2)7(11)9-8(10)12/h1,6H,4-5H2,2H3,(H,9,11,12). The Morgan fingerprint density at radius 1 is 1.77 bits per heavy atom. The number of imide groups is 1. The summed E-state index contributed by atoms with van der Waals surface area (Å²) in [5.74, 6) is 1.68. The monoisotopic (exact) mass is 182 g/mol. The van der Waals surface area contributed by atoms with Crippen molar-refractivity contribution in [3.05, 3.63) is 0 Å². The third kappa shape index (κ3) is 2.20. The molecule has 1 atom stereocenters. The van der Waals surface area contributed by atoms with Crippen molar-refractivity contribution in [3.8, 4) is 12.3 Å². The number of terminal acetylenes is 1. The third-order valence-electron chi connectivity index (χ3n) is 1.65. The van der Waals surface area contributed by atoms with Crippen LogP contribution in [-0.2, 0) is 9.63 Å². The van der Waals surface area contributed by atoms with Crippen LogP contribution in [-0.4, -0.2) is 30.2 Å². The molecule has 0 bridgehead atoms. The van der Waals surface area contributed by atoms with Crippen molar-refractivity contribution in [1.82, 2.24) is 10.4 Å². The molecular weight excluding hydrogens is 172 g/mol. The second kappa shape index (κ2) is 3.92. The Hall–Kier alpha value is -1.54. The molecule has 0 aliphatic carbocycles. The SMILES string of the molecule is C#CCON1CC(C)C(=O)NC1=O. The van der Waals surface area contributed by atoms with Gasteiger partial charge in [-0.3, -0.25) is 14.9 Å². The lowest BCUT2D eigenvalue weighted by atomic mass is 10.1. The lowest BCUT2D eigenvalue weighted by Gasteiger charge is -2.28. The van der Waals surface area contributed by atoms with Gasteiger partial charge in [-0.1, -0.05) is 12.8 Å². The number of carbonyl (C=O) groups is 2. The number of hydroxylamine groups is 2. The van der Waals surface area contributed by atoms with Gasteiger partial charge in [0.05, 0.1) is 12.5 Å². The van der Waals surface area contributed by atoms with Gasteiger partial charge in [-0.2, -0.15) is 0 Å². The fourth-order valence-electron chi connectivity index (χ4n) is 0.932. The van der Waals surface area contributed by atoms with E-state index in [-0.39, 0.29) is 25.0 Å². The molecule has 1 N–H and O–H groups in total. The first kappa shape index (κ1) is 9.55. The Morgan fingerprint density at radius 2 is 2.46 bits per heavy atom. The van der Waals surface area contributed by atoms with E-state index in [0.29, 0.717) is 0 Å². The van der Waals surface area contributed by atoms with E-state index in [0.717, 1.165) is 5.06 Å². The molecule has 1 rings (SSSR count). The minimum Gasteiger partial charge on any atom is -0.276 e. The fourth-order valence-corrected chi connectivity index (χ4v) is 0.932. The minimum absolute atomic E-state index is 0.0222. The van der Waals surface area contributed by atoms with Gasteiger partial charge in [-0.15, -0.1) is 6.42 Å². The molecule has 70 valence electrons. The van der Waals surface area contributed by atoms with Crippen molar-refractivity contribution < 1.29 is 14.4 Å². The zero-order chi connectivity index (χ0) is 9.84. The van der Waals surface area contributed by atoms with Crippen molar-refractivity contribution in [2.75, 3.05) is 13.2 Å². The van der Waals surface area contributed by atoms with Gasteiger partial charge in [-0.05, 0) is 0 Å². The summed E-state index contributed by atoms with van der Waals surface area (Å²) in [5, 5.41) is 3.20. The lowest BCUT2D eigenvalue weighted by molar-refractivity contribution is -0.144. The maximum Gasteiger partial charge on any atom is 0.348 e. The summed E-state index contributed by atoms with van der Waals surface area (Å²) in [7, 11) is 0. The number of nitrogens with one attached hydrogen (secondary N) is 1. The van der Waals surface area contributed by atoms with Gasteiger partial charge >= 0.3 is 6.03 Å². The molecule has 0 aromatic heterocycles. The van der Waals surface area contributed by atoms with Crippen molar-refractivity contribution >= 4 is 11.9 Å². The summed E-state index contributed by atoms with van der Waals surface area (Å²) in [6, 6.07) is -0.557. The van der Waals surface area contributed by atoms with E-state index in [4.69, 9.17) is 11.3 Å². The van der Waals surface area contributed by atoms with E-state index >= 15 is 0 Å². The zero-order valence-corrected chi connectivity index (χ0v) is 7.24. The molecule has 0 spiro atoms. The highest BCUT2D eigenvalue weighted by atomic mass is 16.7. The molecule has 3 amide bonds.